The van der Waals surface area contributed by atoms with E-state index in [4.69, 9.17) is 34.8 Å². The molecule has 3 aromatic carbocycles. The van der Waals surface area contributed by atoms with Gasteiger partial charge in [0, 0.05) is 19.5 Å². The first-order chi connectivity index (χ1) is 18.0. The Kier molecular flexibility index (Phi) is 10.4. The minimum absolute atomic E-state index is 0.00852. The van der Waals surface area contributed by atoms with Crippen LogP contribution >= 0.6 is 34.8 Å². The molecule has 0 spiro atoms. The quantitative estimate of drug-likeness (QED) is 0.309. The molecule has 202 valence electrons. The van der Waals surface area contributed by atoms with Crippen LogP contribution in [0.1, 0.15) is 18.1 Å². The predicted octanol–water partition coefficient (Wildman–Crippen LogP) is 5.19. The molecule has 0 fully saturated rings. The second kappa shape index (κ2) is 13.3. The second-order valence-corrected chi connectivity index (χ2v) is 11.7. The zero-order valence-electron chi connectivity index (χ0n) is 20.9. The zero-order valence-corrected chi connectivity index (χ0v) is 24.0. The summed E-state index contributed by atoms with van der Waals surface area (Å²) in [5.41, 5.74) is 1.64. The summed E-state index contributed by atoms with van der Waals surface area (Å²) in [7, 11) is -3.99. The van der Waals surface area contributed by atoms with Crippen LogP contribution in [0.2, 0.25) is 15.1 Å². The van der Waals surface area contributed by atoms with Gasteiger partial charge in [0.05, 0.1) is 27.0 Å². The van der Waals surface area contributed by atoms with Crippen LogP contribution in [0.5, 0.6) is 0 Å². The van der Waals surface area contributed by atoms with Crippen LogP contribution in [0.3, 0.4) is 0 Å². The molecule has 0 aromatic heterocycles. The van der Waals surface area contributed by atoms with Crippen molar-refractivity contribution < 1.29 is 18.0 Å². The first-order valence-electron chi connectivity index (χ1n) is 11.8. The Hall–Kier alpha value is -2.78. The van der Waals surface area contributed by atoms with Crippen LogP contribution in [0.25, 0.3) is 0 Å². The van der Waals surface area contributed by atoms with Crippen molar-refractivity contribution in [3.05, 3.63) is 99.0 Å². The number of carbonyl (C=O) groups excluding carboxylic acids is 2. The van der Waals surface area contributed by atoms with E-state index in [9.17, 15) is 18.0 Å². The van der Waals surface area contributed by atoms with E-state index in [0.717, 1.165) is 21.7 Å². The van der Waals surface area contributed by atoms with Gasteiger partial charge in [-0.3, -0.25) is 13.9 Å². The molecule has 2 amide bonds. The highest BCUT2D eigenvalue weighted by atomic mass is 35.5. The number of sulfonamides is 1. The Morgan fingerprint density at radius 2 is 1.42 bits per heavy atom. The highest BCUT2D eigenvalue weighted by Gasteiger charge is 2.33. The van der Waals surface area contributed by atoms with Crippen molar-refractivity contribution in [1.29, 1.82) is 0 Å². The van der Waals surface area contributed by atoms with Gasteiger partial charge in [-0.15, -0.1) is 0 Å². The molecule has 0 saturated carbocycles. The van der Waals surface area contributed by atoms with E-state index in [2.05, 4.69) is 5.32 Å². The smallest absolute Gasteiger partial charge is 0.244 e. The topological polar surface area (TPSA) is 86.8 Å². The van der Waals surface area contributed by atoms with Crippen molar-refractivity contribution in [3.8, 4) is 0 Å². The number of hydrogen-bond acceptors (Lipinski definition) is 4. The van der Waals surface area contributed by atoms with E-state index in [1.165, 1.54) is 17.0 Å². The largest absolute Gasteiger partial charge is 0.355 e. The number of amides is 2. The normalized spacial score (nSPS) is 12.0. The van der Waals surface area contributed by atoms with Crippen LogP contribution in [0.4, 0.5) is 5.69 Å². The number of carbonyl (C=O) groups is 2. The number of nitrogens with zero attached hydrogens (tertiary/aromatic N) is 2. The van der Waals surface area contributed by atoms with Gasteiger partial charge in [0.2, 0.25) is 21.8 Å². The number of likely N-dealkylation sites (N-methyl/N-ethyl adjacent to an activating group) is 1. The summed E-state index contributed by atoms with van der Waals surface area (Å²) < 4.78 is 26.5. The Balaban J connectivity index is 2.06. The lowest BCUT2D eigenvalue weighted by Gasteiger charge is -2.33. The molecule has 0 unspecified atom stereocenters. The first kappa shape index (κ1) is 29.8. The fraction of sp³-hybridized carbons (Fsp3) is 0.259. The van der Waals surface area contributed by atoms with Gasteiger partial charge in [0.1, 0.15) is 12.6 Å². The fourth-order valence-corrected chi connectivity index (χ4v) is 5.47. The molecule has 0 saturated heterocycles. The van der Waals surface area contributed by atoms with Crippen molar-refractivity contribution in [1.82, 2.24) is 10.2 Å². The van der Waals surface area contributed by atoms with Crippen LogP contribution in [0.15, 0.2) is 72.8 Å². The third kappa shape index (κ3) is 7.86. The van der Waals surface area contributed by atoms with E-state index in [0.29, 0.717) is 6.54 Å². The zero-order chi connectivity index (χ0) is 27.9. The third-order valence-corrected chi connectivity index (χ3v) is 7.91. The summed E-state index contributed by atoms with van der Waals surface area (Å²) in [6.45, 7) is 1.64. The molecule has 3 aromatic rings. The van der Waals surface area contributed by atoms with Crippen molar-refractivity contribution in [2.45, 2.75) is 25.9 Å². The van der Waals surface area contributed by atoms with E-state index >= 15 is 0 Å². The molecule has 38 heavy (non-hydrogen) atoms. The molecular formula is C27H28Cl3N3O4S. The van der Waals surface area contributed by atoms with E-state index in [1.54, 1.807) is 6.92 Å². The Morgan fingerprint density at radius 3 is 1.97 bits per heavy atom. The van der Waals surface area contributed by atoms with Crippen molar-refractivity contribution >= 4 is 62.3 Å². The van der Waals surface area contributed by atoms with Crippen molar-refractivity contribution in [3.63, 3.8) is 0 Å². The lowest BCUT2D eigenvalue weighted by atomic mass is 10.0. The summed E-state index contributed by atoms with van der Waals surface area (Å²) in [5, 5.41) is 3.04. The summed E-state index contributed by atoms with van der Waals surface area (Å²) >= 11 is 18.5. The molecule has 0 aliphatic carbocycles. The second-order valence-electron chi connectivity index (χ2n) is 8.59. The summed E-state index contributed by atoms with van der Waals surface area (Å²) in [6.07, 6.45) is 1.20. The van der Waals surface area contributed by atoms with Crippen LogP contribution in [-0.4, -0.2) is 50.5 Å². The predicted molar refractivity (Wildman–Crippen MR) is 153 cm³/mol. The lowest BCUT2D eigenvalue weighted by molar-refractivity contribution is -0.140. The van der Waals surface area contributed by atoms with Gasteiger partial charge in [0.15, 0.2) is 0 Å². The number of nitrogens with one attached hydrogen (secondary N) is 1. The van der Waals surface area contributed by atoms with E-state index < -0.39 is 28.5 Å². The highest BCUT2D eigenvalue weighted by Crippen LogP contribution is 2.35. The van der Waals surface area contributed by atoms with Crippen molar-refractivity contribution in [2.24, 2.45) is 0 Å². The van der Waals surface area contributed by atoms with Gasteiger partial charge < -0.3 is 10.2 Å². The molecule has 0 bridgehead atoms. The SMILES string of the molecule is CCNC(=O)[C@H](Cc1ccccc1)N(Cc1ccccc1)C(=O)CN(c1cc(Cl)c(Cl)cc1Cl)S(C)(=O)=O. The van der Waals surface area contributed by atoms with Gasteiger partial charge in [-0.1, -0.05) is 95.5 Å². The standard InChI is InChI=1S/C27H28Cl3N3O4S/c1-3-31-27(35)25(14-19-10-6-4-7-11-19)32(17-20-12-8-5-9-13-20)26(34)18-33(38(2,36)37)24-16-22(29)21(28)15-23(24)30/h4-13,15-16,25H,3,14,17-18H2,1-2H3,(H,31,35)/t25-/m0/s1. The van der Waals surface area contributed by atoms with E-state index in [1.807, 2.05) is 60.7 Å². The highest BCUT2D eigenvalue weighted by molar-refractivity contribution is 7.92. The van der Waals surface area contributed by atoms with Gasteiger partial charge in [0.25, 0.3) is 0 Å². The number of hydrogen-bond donors (Lipinski definition) is 1. The fourth-order valence-electron chi connectivity index (χ4n) is 3.92. The molecule has 1 atom stereocenters. The third-order valence-electron chi connectivity index (χ3n) is 5.76. The molecule has 11 heteroatoms. The Labute approximate surface area is 238 Å². The minimum Gasteiger partial charge on any atom is -0.355 e. The minimum atomic E-state index is -3.99. The molecule has 0 radical (unpaired) electrons. The molecular weight excluding hydrogens is 569 g/mol. The average Bonchev–Trinajstić information content (AvgIpc) is 2.87. The lowest BCUT2D eigenvalue weighted by Crippen LogP contribution is -2.53. The van der Waals surface area contributed by atoms with E-state index in [-0.39, 0.29) is 39.6 Å². The van der Waals surface area contributed by atoms with Gasteiger partial charge in [-0.25, -0.2) is 8.42 Å². The molecule has 1 N–H and O–H groups in total. The number of rotatable bonds is 11. The maximum atomic E-state index is 13.9. The Bertz CT molecular complexity index is 1370. The molecule has 0 heterocycles. The molecule has 7 nitrogen and oxygen atoms in total. The summed E-state index contributed by atoms with van der Waals surface area (Å²) in [6, 6.07) is 20.2. The Morgan fingerprint density at radius 1 is 0.868 bits per heavy atom. The number of halogens is 3. The maximum Gasteiger partial charge on any atom is 0.244 e. The molecule has 0 aliphatic heterocycles. The average molecular weight is 597 g/mol. The van der Waals surface area contributed by atoms with Crippen molar-refractivity contribution in [2.75, 3.05) is 23.7 Å². The molecule has 0 aliphatic rings. The number of benzene rings is 3. The summed E-state index contributed by atoms with van der Waals surface area (Å²) in [5.74, 6) is -0.937. The first-order valence-corrected chi connectivity index (χ1v) is 14.8. The molecule has 3 rings (SSSR count). The number of anilines is 1. The van der Waals surface area contributed by atoms with Gasteiger partial charge >= 0.3 is 0 Å². The summed E-state index contributed by atoms with van der Waals surface area (Å²) in [4.78, 5) is 28.6. The van der Waals surface area contributed by atoms with Crippen LogP contribution < -0.4 is 9.62 Å². The van der Waals surface area contributed by atoms with Crippen LogP contribution in [0, 0.1) is 0 Å². The van der Waals surface area contributed by atoms with Gasteiger partial charge in [-0.05, 0) is 30.2 Å². The van der Waals surface area contributed by atoms with Gasteiger partial charge in [-0.2, -0.15) is 0 Å². The maximum absolute atomic E-state index is 13.9. The monoisotopic (exact) mass is 595 g/mol. The van der Waals surface area contributed by atoms with Crippen LogP contribution in [-0.2, 0) is 32.6 Å².